The third-order valence-corrected chi connectivity index (χ3v) is 5.56. The quantitative estimate of drug-likeness (QED) is 0.740. The zero-order valence-electron chi connectivity index (χ0n) is 15.5. The normalized spacial score (nSPS) is 14.1. The molecule has 0 aliphatic heterocycles. The standard InChI is InChI=1S/C17H27ClN2O4S/c1-7-15(17(21)19-12(4)11(2)3)20(25(6,22)23)13-8-9-16(24-5)14(18)10-13/h8-12,15H,7H2,1-6H3,(H,19,21)/t12-,15+/m1/s1. The molecule has 142 valence electrons. The minimum Gasteiger partial charge on any atom is -0.495 e. The minimum atomic E-state index is -3.69. The van der Waals surface area contributed by atoms with Gasteiger partial charge in [0.05, 0.1) is 24.1 Å². The van der Waals surface area contributed by atoms with Crippen molar-refractivity contribution in [1.29, 1.82) is 0 Å². The number of hydrogen-bond donors (Lipinski definition) is 1. The summed E-state index contributed by atoms with van der Waals surface area (Å²) in [6, 6.07) is 3.72. The van der Waals surface area contributed by atoms with Crippen LogP contribution in [0.2, 0.25) is 5.02 Å². The molecule has 2 atom stereocenters. The largest absolute Gasteiger partial charge is 0.495 e. The molecule has 1 amide bonds. The second-order valence-corrected chi connectivity index (χ2v) is 8.61. The van der Waals surface area contributed by atoms with Crippen LogP contribution in [0.15, 0.2) is 18.2 Å². The molecule has 0 aliphatic rings. The average Bonchev–Trinajstić information content (AvgIpc) is 2.50. The molecule has 0 fully saturated rings. The summed E-state index contributed by atoms with van der Waals surface area (Å²) in [7, 11) is -2.22. The molecule has 0 unspecified atom stereocenters. The Balaban J connectivity index is 3.29. The van der Waals surface area contributed by atoms with Crippen LogP contribution in [-0.2, 0) is 14.8 Å². The van der Waals surface area contributed by atoms with Crippen LogP contribution in [0, 0.1) is 5.92 Å². The molecule has 1 aromatic rings. The van der Waals surface area contributed by atoms with Gasteiger partial charge in [-0.1, -0.05) is 32.4 Å². The molecule has 0 bridgehead atoms. The monoisotopic (exact) mass is 390 g/mol. The van der Waals surface area contributed by atoms with E-state index in [0.29, 0.717) is 17.9 Å². The number of halogens is 1. The Labute approximate surface area is 155 Å². The number of ether oxygens (including phenoxy) is 1. The van der Waals surface area contributed by atoms with Gasteiger partial charge in [0.2, 0.25) is 15.9 Å². The van der Waals surface area contributed by atoms with Crippen molar-refractivity contribution in [2.75, 3.05) is 17.7 Å². The first-order valence-electron chi connectivity index (χ1n) is 8.16. The fourth-order valence-electron chi connectivity index (χ4n) is 2.34. The summed E-state index contributed by atoms with van der Waals surface area (Å²) < 4.78 is 31.0. The highest BCUT2D eigenvalue weighted by molar-refractivity contribution is 7.92. The van der Waals surface area contributed by atoms with Crippen molar-refractivity contribution in [2.45, 2.75) is 46.2 Å². The highest BCUT2D eigenvalue weighted by Gasteiger charge is 2.32. The number of nitrogens with zero attached hydrogens (tertiary/aromatic N) is 1. The summed E-state index contributed by atoms with van der Waals surface area (Å²) in [6.07, 6.45) is 1.40. The summed E-state index contributed by atoms with van der Waals surface area (Å²) >= 11 is 6.13. The van der Waals surface area contributed by atoms with Crippen LogP contribution < -0.4 is 14.4 Å². The maximum absolute atomic E-state index is 12.7. The molecule has 1 aromatic carbocycles. The van der Waals surface area contributed by atoms with Crippen LogP contribution >= 0.6 is 11.6 Å². The lowest BCUT2D eigenvalue weighted by Crippen LogP contribution is -2.52. The van der Waals surface area contributed by atoms with E-state index < -0.39 is 16.1 Å². The Hall–Kier alpha value is -1.47. The van der Waals surface area contributed by atoms with Gasteiger partial charge in [0.15, 0.2) is 0 Å². The molecule has 0 saturated heterocycles. The molecule has 0 aromatic heterocycles. The van der Waals surface area contributed by atoms with Crippen molar-refractivity contribution in [3.05, 3.63) is 23.2 Å². The summed E-state index contributed by atoms with van der Waals surface area (Å²) in [6.45, 7) is 7.64. The van der Waals surface area contributed by atoms with Gasteiger partial charge in [0, 0.05) is 6.04 Å². The third kappa shape index (κ3) is 5.51. The number of sulfonamides is 1. The van der Waals surface area contributed by atoms with E-state index in [1.807, 2.05) is 20.8 Å². The van der Waals surface area contributed by atoms with Crippen LogP contribution in [0.5, 0.6) is 5.75 Å². The first kappa shape index (κ1) is 21.6. The average molecular weight is 391 g/mol. The number of rotatable bonds is 8. The van der Waals surface area contributed by atoms with E-state index in [9.17, 15) is 13.2 Å². The smallest absolute Gasteiger partial charge is 0.244 e. The predicted molar refractivity (Wildman–Crippen MR) is 102 cm³/mol. The lowest BCUT2D eigenvalue weighted by molar-refractivity contribution is -0.123. The van der Waals surface area contributed by atoms with Crippen molar-refractivity contribution < 1.29 is 17.9 Å². The molecule has 8 heteroatoms. The van der Waals surface area contributed by atoms with E-state index >= 15 is 0 Å². The molecule has 1 rings (SSSR count). The number of nitrogens with one attached hydrogen (secondary N) is 1. The van der Waals surface area contributed by atoms with Gasteiger partial charge in [-0.25, -0.2) is 8.42 Å². The number of anilines is 1. The van der Waals surface area contributed by atoms with Crippen LogP contribution in [0.25, 0.3) is 0 Å². The molecule has 25 heavy (non-hydrogen) atoms. The molecule has 0 heterocycles. The van der Waals surface area contributed by atoms with Crippen LogP contribution in [0.4, 0.5) is 5.69 Å². The van der Waals surface area contributed by atoms with E-state index in [0.717, 1.165) is 10.6 Å². The molecule has 6 nitrogen and oxygen atoms in total. The fourth-order valence-corrected chi connectivity index (χ4v) is 3.80. The topological polar surface area (TPSA) is 75.7 Å². The van der Waals surface area contributed by atoms with E-state index in [2.05, 4.69) is 5.32 Å². The number of carbonyl (C=O) groups is 1. The van der Waals surface area contributed by atoms with Crippen molar-refractivity contribution in [3.63, 3.8) is 0 Å². The third-order valence-electron chi connectivity index (χ3n) is 4.09. The molecule has 0 aliphatic carbocycles. The van der Waals surface area contributed by atoms with Gasteiger partial charge in [-0.3, -0.25) is 9.10 Å². The Kier molecular flexibility index (Phi) is 7.56. The van der Waals surface area contributed by atoms with Crippen molar-refractivity contribution in [3.8, 4) is 5.75 Å². The number of amides is 1. The van der Waals surface area contributed by atoms with E-state index in [1.54, 1.807) is 19.1 Å². The molecule has 0 radical (unpaired) electrons. The number of carbonyl (C=O) groups excluding carboxylic acids is 1. The van der Waals surface area contributed by atoms with Crippen molar-refractivity contribution >= 4 is 33.2 Å². The summed E-state index contributed by atoms with van der Waals surface area (Å²) in [5.74, 6) is 0.342. The van der Waals surface area contributed by atoms with Gasteiger partial charge >= 0.3 is 0 Å². The number of benzene rings is 1. The van der Waals surface area contributed by atoms with Gasteiger partial charge < -0.3 is 10.1 Å². The summed E-state index contributed by atoms with van der Waals surface area (Å²) in [4.78, 5) is 12.7. The van der Waals surface area contributed by atoms with E-state index in [4.69, 9.17) is 16.3 Å². The van der Waals surface area contributed by atoms with Gasteiger partial charge in [0.25, 0.3) is 0 Å². The Bertz CT molecular complexity index is 707. The first-order chi connectivity index (χ1) is 11.5. The minimum absolute atomic E-state index is 0.0672. The summed E-state index contributed by atoms with van der Waals surface area (Å²) in [5.41, 5.74) is 0.326. The summed E-state index contributed by atoms with van der Waals surface area (Å²) in [5, 5.41) is 3.16. The molecular weight excluding hydrogens is 364 g/mol. The Morgan fingerprint density at radius 2 is 1.92 bits per heavy atom. The zero-order valence-corrected chi connectivity index (χ0v) is 17.1. The number of methoxy groups -OCH3 is 1. The van der Waals surface area contributed by atoms with Gasteiger partial charge in [-0.15, -0.1) is 0 Å². The molecule has 0 spiro atoms. The van der Waals surface area contributed by atoms with Crippen LogP contribution in [0.3, 0.4) is 0 Å². The highest BCUT2D eigenvalue weighted by Crippen LogP contribution is 2.31. The van der Waals surface area contributed by atoms with E-state index in [-0.39, 0.29) is 22.9 Å². The first-order valence-corrected chi connectivity index (χ1v) is 10.4. The SMILES string of the molecule is CC[C@@H](C(=O)N[C@H](C)C(C)C)N(c1ccc(OC)c(Cl)c1)S(C)(=O)=O. The van der Waals surface area contributed by atoms with Crippen molar-refractivity contribution in [2.24, 2.45) is 5.92 Å². The highest BCUT2D eigenvalue weighted by atomic mass is 35.5. The van der Waals surface area contributed by atoms with Crippen LogP contribution in [-0.4, -0.2) is 39.8 Å². The van der Waals surface area contributed by atoms with Crippen molar-refractivity contribution in [1.82, 2.24) is 5.32 Å². The second kappa shape index (κ2) is 8.76. The van der Waals surface area contributed by atoms with E-state index in [1.165, 1.54) is 13.2 Å². The van der Waals surface area contributed by atoms with Crippen LogP contribution in [0.1, 0.15) is 34.1 Å². The number of hydrogen-bond acceptors (Lipinski definition) is 4. The molecular formula is C17H27ClN2O4S. The Morgan fingerprint density at radius 3 is 2.32 bits per heavy atom. The molecule has 1 N–H and O–H groups in total. The lowest BCUT2D eigenvalue weighted by atomic mass is 10.1. The maximum Gasteiger partial charge on any atom is 0.244 e. The predicted octanol–water partition coefficient (Wildman–Crippen LogP) is 3.05. The van der Waals surface area contributed by atoms with Gasteiger partial charge in [-0.05, 0) is 37.5 Å². The maximum atomic E-state index is 12.7. The lowest BCUT2D eigenvalue weighted by Gasteiger charge is -2.31. The zero-order chi connectivity index (χ0) is 19.4. The Morgan fingerprint density at radius 1 is 1.32 bits per heavy atom. The molecule has 0 saturated carbocycles. The van der Waals surface area contributed by atoms with Gasteiger partial charge in [0.1, 0.15) is 11.8 Å². The fraction of sp³-hybridized carbons (Fsp3) is 0.588. The second-order valence-electron chi connectivity index (χ2n) is 6.34. The van der Waals surface area contributed by atoms with Gasteiger partial charge in [-0.2, -0.15) is 0 Å².